The van der Waals surface area contributed by atoms with Gasteiger partial charge >= 0.3 is 0 Å². The van der Waals surface area contributed by atoms with Crippen LogP contribution in [0.5, 0.6) is 0 Å². The summed E-state index contributed by atoms with van der Waals surface area (Å²) in [7, 11) is 0. The van der Waals surface area contributed by atoms with Gasteiger partial charge in [0.1, 0.15) is 11.2 Å². The van der Waals surface area contributed by atoms with Crippen LogP contribution in [0.2, 0.25) is 0 Å². The average Bonchev–Trinajstić information content (AvgIpc) is 3.74. The topological polar surface area (TPSA) is 21.3 Å². The van der Waals surface area contributed by atoms with Crippen molar-refractivity contribution in [2.45, 2.75) is 0 Å². The van der Waals surface area contributed by atoms with Crippen LogP contribution in [0.25, 0.3) is 71.7 Å². The van der Waals surface area contributed by atoms with Crippen LogP contribution in [0.3, 0.4) is 0 Å². The Morgan fingerprint density at radius 1 is 0.373 bits per heavy atom. The zero-order chi connectivity index (χ0) is 33.7. The van der Waals surface area contributed by atoms with E-state index in [1.54, 1.807) is 0 Å². The van der Waals surface area contributed by atoms with Gasteiger partial charge in [0, 0.05) is 50.4 Å². The van der Waals surface area contributed by atoms with E-state index in [4.69, 9.17) is 4.42 Å². The van der Waals surface area contributed by atoms with E-state index in [0.717, 1.165) is 50.2 Å². The maximum Gasteiger partial charge on any atom is 0.137 e. The van der Waals surface area contributed by atoms with E-state index in [0.29, 0.717) is 0 Å². The van der Waals surface area contributed by atoms with Gasteiger partial charge in [0.2, 0.25) is 0 Å². The molecule has 0 fully saturated rings. The lowest BCUT2D eigenvalue weighted by Gasteiger charge is -2.26. The summed E-state index contributed by atoms with van der Waals surface area (Å²) in [6.07, 6.45) is 0. The molecule has 51 heavy (non-hydrogen) atoms. The standard InChI is InChI=1S/C48H32N2O/c1-4-13-33(14-5-1)34-23-25-37(26-24-34)49(39-27-29-42-41-19-10-11-22-46(41)51-47(42)32-39)38-28-30-43-45(31-38)50(36-17-8-3-9-18-36)44-21-12-20-40(48(43)44)35-15-6-2-7-16-35/h1-32H. The number of hydrogen-bond donors (Lipinski definition) is 0. The summed E-state index contributed by atoms with van der Waals surface area (Å²) in [4.78, 5) is 2.34. The third-order valence-corrected chi connectivity index (χ3v) is 9.99. The van der Waals surface area contributed by atoms with Crippen molar-refractivity contribution in [2.24, 2.45) is 0 Å². The zero-order valence-corrected chi connectivity index (χ0v) is 27.8. The molecule has 0 unspecified atom stereocenters. The monoisotopic (exact) mass is 652 g/mol. The molecule has 0 atom stereocenters. The summed E-state index contributed by atoms with van der Waals surface area (Å²) in [6.45, 7) is 0. The summed E-state index contributed by atoms with van der Waals surface area (Å²) >= 11 is 0. The Labute approximate surface area is 295 Å². The van der Waals surface area contributed by atoms with E-state index >= 15 is 0 Å². The van der Waals surface area contributed by atoms with E-state index in [1.807, 2.05) is 12.1 Å². The Morgan fingerprint density at radius 3 is 1.73 bits per heavy atom. The largest absolute Gasteiger partial charge is 0.456 e. The molecular formula is C48H32N2O. The quantitative estimate of drug-likeness (QED) is 0.178. The summed E-state index contributed by atoms with van der Waals surface area (Å²) in [5, 5.41) is 4.70. The summed E-state index contributed by atoms with van der Waals surface area (Å²) < 4.78 is 8.81. The number of benzene rings is 8. The molecule has 0 amide bonds. The Balaban J connectivity index is 1.22. The van der Waals surface area contributed by atoms with Crippen LogP contribution in [0.1, 0.15) is 0 Å². The predicted molar refractivity (Wildman–Crippen MR) is 214 cm³/mol. The molecule has 10 rings (SSSR count). The third-order valence-electron chi connectivity index (χ3n) is 9.99. The first-order valence-corrected chi connectivity index (χ1v) is 17.4. The van der Waals surface area contributed by atoms with Crippen molar-refractivity contribution in [1.29, 1.82) is 0 Å². The van der Waals surface area contributed by atoms with Crippen molar-refractivity contribution >= 4 is 60.8 Å². The number of hydrogen-bond acceptors (Lipinski definition) is 2. The van der Waals surface area contributed by atoms with Crippen LogP contribution in [0.4, 0.5) is 17.1 Å². The second kappa shape index (κ2) is 11.9. The number of furan rings is 1. The van der Waals surface area contributed by atoms with Gasteiger partial charge in [-0.15, -0.1) is 0 Å². The van der Waals surface area contributed by atoms with Gasteiger partial charge in [-0.25, -0.2) is 0 Å². The molecular weight excluding hydrogens is 621 g/mol. The lowest BCUT2D eigenvalue weighted by molar-refractivity contribution is 0.669. The van der Waals surface area contributed by atoms with Crippen molar-refractivity contribution in [3.8, 4) is 27.9 Å². The van der Waals surface area contributed by atoms with E-state index < -0.39 is 0 Å². The Hall–Kier alpha value is -6.84. The van der Waals surface area contributed by atoms with Crippen molar-refractivity contribution in [1.82, 2.24) is 4.57 Å². The number of aromatic nitrogens is 1. The molecule has 3 nitrogen and oxygen atoms in total. The number of fused-ring (bicyclic) bond motifs is 6. The van der Waals surface area contributed by atoms with Gasteiger partial charge in [0.25, 0.3) is 0 Å². The molecule has 0 aliphatic heterocycles. The number of anilines is 3. The molecule has 3 heteroatoms. The van der Waals surface area contributed by atoms with Crippen LogP contribution >= 0.6 is 0 Å². The molecule has 0 aliphatic rings. The maximum atomic E-state index is 6.40. The first kappa shape index (κ1) is 29.1. The highest BCUT2D eigenvalue weighted by Crippen LogP contribution is 2.43. The fourth-order valence-corrected chi connectivity index (χ4v) is 7.64. The molecule has 2 aromatic heterocycles. The molecule has 0 bridgehead atoms. The molecule has 2 heterocycles. The third kappa shape index (κ3) is 4.90. The Kier molecular flexibility index (Phi) is 6.81. The molecule has 240 valence electrons. The second-order valence-corrected chi connectivity index (χ2v) is 13.0. The van der Waals surface area contributed by atoms with Crippen LogP contribution in [0.15, 0.2) is 199 Å². The van der Waals surface area contributed by atoms with Crippen LogP contribution < -0.4 is 4.90 Å². The minimum atomic E-state index is 0.867. The van der Waals surface area contributed by atoms with Gasteiger partial charge in [-0.1, -0.05) is 127 Å². The SMILES string of the molecule is c1ccc(-c2ccc(N(c3ccc4c(c3)oc3ccccc34)c3ccc4c5c(-c6ccccc6)cccc5n(-c5ccccc5)c4c3)cc2)cc1. The van der Waals surface area contributed by atoms with Gasteiger partial charge in [-0.05, 0) is 82.9 Å². The predicted octanol–water partition coefficient (Wildman–Crippen LogP) is 13.5. The highest BCUT2D eigenvalue weighted by atomic mass is 16.3. The summed E-state index contributed by atoms with van der Waals surface area (Å²) in [6, 6.07) is 69.1. The molecule has 0 radical (unpaired) electrons. The summed E-state index contributed by atoms with van der Waals surface area (Å²) in [5.41, 5.74) is 13.2. The van der Waals surface area contributed by atoms with Crippen molar-refractivity contribution < 1.29 is 4.42 Å². The second-order valence-electron chi connectivity index (χ2n) is 13.0. The average molecular weight is 653 g/mol. The van der Waals surface area contributed by atoms with Gasteiger partial charge in [0.15, 0.2) is 0 Å². The van der Waals surface area contributed by atoms with Crippen molar-refractivity contribution in [2.75, 3.05) is 4.90 Å². The number of nitrogens with zero attached hydrogens (tertiary/aromatic N) is 2. The fraction of sp³-hybridized carbons (Fsp3) is 0. The number of rotatable bonds is 6. The molecule has 0 saturated carbocycles. The van der Waals surface area contributed by atoms with Crippen molar-refractivity contribution in [3.05, 3.63) is 194 Å². The Bertz CT molecular complexity index is 2830. The normalized spacial score (nSPS) is 11.5. The molecule has 0 N–H and O–H groups in total. The van der Waals surface area contributed by atoms with E-state index in [9.17, 15) is 0 Å². The molecule has 0 saturated heterocycles. The van der Waals surface area contributed by atoms with Crippen LogP contribution in [-0.2, 0) is 0 Å². The molecule has 10 aromatic rings. The smallest absolute Gasteiger partial charge is 0.137 e. The van der Waals surface area contributed by atoms with Crippen LogP contribution in [-0.4, -0.2) is 4.57 Å². The minimum Gasteiger partial charge on any atom is -0.456 e. The summed E-state index contributed by atoms with van der Waals surface area (Å²) in [5.74, 6) is 0. The number of para-hydroxylation sites is 2. The first-order chi connectivity index (χ1) is 25.3. The molecule has 0 spiro atoms. The highest BCUT2D eigenvalue weighted by molar-refractivity contribution is 6.16. The first-order valence-electron chi connectivity index (χ1n) is 17.4. The van der Waals surface area contributed by atoms with Crippen LogP contribution in [0, 0.1) is 0 Å². The Morgan fingerprint density at radius 2 is 0.961 bits per heavy atom. The van der Waals surface area contributed by atoms with Gasteiger partial charge < -0.3 is 13.9 Å². The lowest BCUT2D eigenvalue weighted by Crippen LogP contribution is -2.10. The van der Waals surface area contributed by atoms with Gasteiger partial charge in [0.05, 0.1) is 11.0 Å². The highest BCUT2D eigenvalue weighted by Gasteiger charge is 2.20. The molecule has 0 aliphatic carbocycles. The fourth-order valence-electron chi connectivity index (χ4n) is 7.64. The lowest BCUT2D eigenvalue weighted by atomic mass is 9.99. The zero-order valence-electron chi connectivity index (χ0n) is 27.8. The van der Waals surface area contributed by atoms with Gasteiger partial charge in [-0.3, -0.25) is 0 Å². The maximum absolute atomic E-state index is 6.40. The van der Waals surface area contributed by atoms with E-state index in [1.165, 1.54) is 38.5 Å². The molecule has 8 aromatic carbocycles. The van der Waals surface area contributed by atoms with E-state index in [-0.39, 0.29) is 0 Å². The van der Waals surface area contributed by atoms with Crippen molar-refractivity contribution in [3.63, 3.8) is 0 Å². The van der Waals surface area contributed by atoms with E-state index in [2.05, 4.69) is 191 Å². The van der Waals surface area contributed by atoms with Gasteiger partial charge in [-0.2, -0.15) is 0 Å². The minimum absolute atomic E-state index is 0.867.